The van der Waals surface area contributed by atoms with Crippen molar-refractivity contribution in [2.45, 2.75) is 5.75 Å². The van der Waals surface area contributed by atoms with E-state index < -0.39 is 10.8 Å². The van der Waals surface area contributed by atoms with E-state index in [-0.39, 0.29) is 0 Å². The van der Waals surface area contributed by atoms with Crippen LogP contribution >= 0.6 is 0 Å². The first kappa shape index (κ1) is 8.49. The standard InChI is InChI=1S/C7H11NO2S/c8-3-5-11(9)6-7-2-1-4-10-7/h1-2,4H,3,5-6,8H2. The molecule has 11 heavy (non-hydrogen) atoms. The van der Waals surface area contributed by atoms with E-state index in [0.29, 0.717) is 18.1 Å². The van der Waals surface area contributed by atoms with Crippen molar-refractivity contribution in [1.29, 1.82) is 0 Å². The van der Waals surface area contributed by atoms with Gasteiger partial charge in [0.1, 0.15) is 5.76 Å². The molecule has 0 spiro atoms. The summed E-state index contributed by atoms with van der Waals surface area (Å²) < 4.78 is 16.1. The Labute approximate surface area is 68.0 Å². The molecule has 0 radical (unpaired) electrons. The van der Waals surface area contributed by atoms with E-state index >= 15 is 0 Å². The van der Waals surface area contributed by atoms with E-state index in [1.165, 1.54) is 0 Å². The highest BCUT2D eigenvalue weighted by atomic mass is 32.2. The molecule has 1 unspecified atom stereocenters. The van der Waals surface area contributed by atoms with Gasteiger partial charge in [0.25, 0.3) is 0 Å². The van der Waals surface area contributed by atoms with Crippen LogP contribution in [0.4, 0.5) is 0 Å². The van der Waals surface area contributed by atoms with Gasteiger partial charge in [0.2, 0.25) is 0 Å². The fourth-order valence-electron chi connectivity index (χ4n) is 0.757. The second kappa shape index (κ2) is 4.31. The highest BCUT2D eigenvalue weighted by Gasteiger charge is 2.01. The molecule has 1 heterocycles. The van der Waals surface area contributed by atoms with Crippen molar-refractivity contribution in [3.8, 4) is 0 Å². The average molecular weight is 173 g/mol. The fraction of sp³-hybridized carbons (Fsp3) is 0.429. The molecule has 62 valence electrons. The van der Waals surface area contributed by atoms with E-state index in [1.807, 2.05) is 6.07 Å². The molecule has 0 aliphatic heterocycles. The highest BCUT2D eigenvalue weighted by molar-refractivity contribution is 7.84. The van der Waals surface area contributed by atoms with Crippen LogP contribution < -0.4 is 5.73 Å². The third kappa shape index (κ3) is 2.86. The van der Waals surface area contributed by atoms with Gasteiger partial charge in [-0.05, 0) is 12.1 Å². The van der Waals surface area contributed by atoms with Crippen LogP contribution in [0.3, 0.4) is 0 Å². The molecule has 2 N–H and O–H groups in total. The molecule has 1 rings (SSSR count). The first-order valence-electron chi connectivity index (χ1n) is 3.40. The lowest BCUT2D eigenvalue weighted by Crippen LogP contribution is -2.11. The minimum Gasteiger partial charge on any atom is -0.468 e. The number of hydrogen-bond donors (Lipinski definition) is 1. The van der Waals surface area contributed by atoms with Crippen LogP contribution in [-0.2, 0) is 16.6 Å². The SMILES string of the molecule is NCCS(=O)Cc1ccco1. The molecule has 0 saturated carbocycles. The first-order valence-corrected chi connectivity index (χ1v) is 4.89. The zero-order valence-electron chi connectivity index (χ0n) is 6.16. The van der Waals surface area contributed by atoms with Crippen molar-refractivity contribution in [2.24, 2.45) is 5.73 Å². The lowest BCUT2D eigenvalue weighted by Gasteiger charge is -1.95. The van der Waals surface area contributed by atoms with E-state index in [0.717, 1.165) is 5.76 Å². The third-order valence-electron chi connectivity index (χ3n) is 1.23. The molecular weight excluding hydrogens is 162 g/mol. The number of rotatable bonds is 4. The molecule has 0 aliphatic carbocycles. The Morgan fingerprint density at radius 3 is 3.00 bits per heavy atom. The van der Waals surface area contributed by atoms with Gasteiger partial charge in [-0.2, -0.15) is 0 Å². The molecule has 0 bridgehead atoms. The van der Waals surface area contributed by atoms with Gasteiger partial charge >= 0.3 is 0 Å². The largest absolute Gasteiger partial charge is 0.468 e. The van der Waals surface area contributed by atoms with Crippen molar-refractivity contribution in [1.82, 2.24) is 0 Å². The Balaban J connectivity index is 2.37. The van der Waals surface area contributed by atoms with Crippen LogP contribution in [0.15, 0.2) is 22.8 Å². The molecular formula is C7H11NO2S. The van der Waals surface area contributed by atoms with Crippen molar-refractivity contribution < 1.29 is 8.63 Å². The fourth-order valence-corrected chi connectivity index (χ4v) is 1.65. The van der Waals surface area contributed by atoms with Crippen molar-refractivity contribution >= 4 is 10.8 Å². The Bertz CT molecular complexity index is 220. The topological polar surface area (TPSA) is 56.2 Å². The van der Waals surface area contributed by atoms with Crippen molar-refractivity contribution in [3.63, 3.8) is 0 Å². The second-order valence-electron chi connectivity index (χ2n) is 2.16. The van der Waals surface area contributed by atoms with Gasteiger partial charge in [-0.25, -0.2) is 0 Å². The van der Waals surface area contributed by atoms with Crippen LogP contribution in [0.25, 0.3) is 0 Å². The minimum absolute atomic E-state index is 0.466. The quantitative estimate of drug-likeness (QED) is 0.720. The van der Waals surface area contributed by atoms with Gasteiger partial charge in [-0.15, -0.1) is 0 Å². The van der Waals surface area contributed by atoms with Crippen LogP contribution in [-0.4, -0.2) is 16.5 Å². The van der Waals surface area contributed by atoms with Crippen LogP contribution in [0.1, 0.15) is 5.76 Å². The molecule has 1 aromatic heterocycles. The molecule has 0 saturated heterocycles. The number of furan rings is 1. The van der Waals surface area contributed by atoms with Crippen molar-refractivity contribution in [3.05, 3.63) is 24.2 Å². The van der Waals surface area contributed by atoms with E-state index in [1.54, 1.807) is 12.3 Å². The lowest BCUT2D eigenvalue weighted by atomic mass is 10.5. The smallest absolute Gasteiger partial charge is 0.116 e. The molecule has 3 nitrogen and oxygen atoms in total. The number of nitrogens with two attached hydrogens (primary N) is 1. The van der Waals surface area contributed by atoms with Gasteiger partial charge < -0.3 is 10.2 Å². The zero-order chi connectivity index (χ0) is 8.10. The Hall–Kier alpha value is -0.610. The third-order valence-corrected chi connectivity index (χ3v) is 2.53. The maximum absolute atomic E-state index is 11.1. The molecule has 0 amide bonds. The Morgan fingerprint density at radius 1 is 1.64 bits per heavy atom. The summed E-state index contributed by atoms with van der Waals surface area (Å²) in [7, 11) is -0.868. The van der Waals surface area contributed by atoms with Gasteiger partial charge in [-0.1, -0.05) is 0 Å². The molecule has 0 fully saturated rings. The monoisotopic (exact) mass is 173 g/mol. The highest BCUT2D eigenvalue weighted by Crippen LogP contribution is 2.03. The van der Waals surface area contributed by atoms with Gasteiger partial charge in [0, 0.05) is 23.1 Å². The Kier molecular flexibility index (Phi) is 3.32. The first-order chi connectivity index (χ1) is 5.33. The summed E-state index contributed by atoms with van der Waals surface area (Å²) in [6.07, 6.45) is 1.58. The van der Waals surface area contributed by atoms with E-state index in [9.17, 15) is 4.21 Å². The molecule has 0 aliphatic rings. The van der Waals surface area contributed by atoms with Crippen LogP contribution in [0, 0.1) is 0 Å². The van der Waals surface area contributed by atoms with Crippen molar-refractivity contribution in [2.75, 3.05) is 12.3 Å². The molecule has 4 heteroatoms. The lowest BCUT2D eigenvalue weighted by molar-refractivity contribution is 0.528. The van der Waals surface area contributed by atoms with Crippen LogP contribution in [0.2, 0.25) is 0 Å². The van der Waals surface area contributed by atoms with E-state index in [4.69, 9.17) is 10.2 Å². The molecule has 1 aromatic rings. The van der Waals surface area contributed by atoms with E-state index in [2.05, 4.69) is 0 Å². The predicted molar refractivity (Wildman–Crippen MR) is 44.5 cm³/mol. The zero-order valence-corrected chi connectivity index (χ0v) is 6.97. The summed E-state index contributed by atoms with van der Waals surface area (Å²) in [5.74, 6) is 1.78. The minimum atomic E-state index is -0.868. The summed E-state index contributed by atoms with van der Waals surface area (Å²) in [5, 5.41) is 0. The average Bonchev–Trinajstić information content (AvgIpc) is 2.40. The summed E-state index contributed by atoms with van der Waals surface area (Å²) in [5.41, 5.74) is 5.23. The summed E-state index contributed by atoms with van der Waals surface area (Å²) >= 11 is 0. The second-order valence-corrected chi connectivity index (χ2v) is 3.73. The Morgan fingerprint density at radius 2 is 2.45 bits per heavy atom. The van der Waals surface area contributed by atoms with Gasteiger partial charge in [0.15, 0.2) is 0 Å². The maximum atomic E-state index is 11.1. The summed E-state index contributed by atoms with van der Waals surface area (Å²) in [6.45, 7) is 0.466. The molecule has 0 aromatic carbocycles. The van der Waals surface area contributed by atoms with Crippen LogP contribution in [0.5, 0.6) is 0 Å². The summed E-state index contributed by atoms with van der Waals surface area (Å²) in [4.78, 5) is 0. The molecule has 1 atom stereocenters. The maximum Gasteiger partial charge on any atom is 0.116 e. The summed E-state index contributed by atoms with van der Waals surface area (Å²) in [6, 6.07) is 3.60. The van der Waals surface area contributed by atoms with Gasteiger partial charge in [0.05, 0.1) is 12.0 Å². The number of hydrogen-bond acceptors (Lipinski definition) is 3. The van der Waals surface area contributed by atoms with Gasteiger partial charge in [-0.3, -0.25) is 4.21 Å². The predicted octanol–water partition coefficient (Wildman–Crippen LogP) is 0.487. The normalized spacial score (nSPS) is 13.2.